The van der Waals surface area contributed by atoms with Gasteiger partial charge in [-0.2, -0.15) is 0 Å². The second-order valence-corrected chi connectivity index (χ2v) is 4.02. The minimum absolute atomic E-state index is 0.103. The molecule has 0 radical (unpaired) electrons. The average Bonchev–Trinajstić information content (AvgIpc) is 2.46. The molecule has 96 valence electrons. The molecule has 6 heteroatoms. The van der Waals surface area contributed by atoms with Crippen LogP contribution in [-0.4, -0.2) is 40.7 Å². The number of hydrogen-bond donors (Lipinski definition) is 2. The first kappa shape index (κ1) is 12.5. The third-order valence-corrected chi connectivity index (χ3v) is 2.81. The lowest BCUT2D eigenvalue weighted by molar-refractivity contribution is -0.129. The van der Waals surface area contributed by atoms with Crippen LogP contribution in [0.3, 0.4) is 0 Å². The van der Waals surface area contributed by atoms with Gasteiger partial charge in [0.15, 0.2) is 0 Å². The number of rotatable bonds is 4. The Bertz CT molecular complexity index is 435. The van der Waals surface area contributed by atoms with Crippen molar-refractivity contribution in [2.75, 3.05) is 19.8 Å². The molecule has 2 rings (SSSR count). The molecule has 0 saturated heterocycles. The second kappa shape index (κ2) is 5.59. The number of aliphatic hydroxyl groups excluding tert-OH is 1. The zero-order chi connectivity index (χ0) is 12.8. The van der Waals surface area contributed by atoms with E-state index < -0.39 is 5.41 Å². The predicted molar refractivity (Wildman–Crippen MR) is 63.5 cm³/mol. The molecule has 1 unspecified atom stereocenters. The Kier molecular flexibility index (Phi) is 3.88. The van der Waals surface area contributed by atoms with E-state index in [-0.39, 0.29) is 25.7 Å². The van der Waals surface area contributed by atoms with Crippen molar-refractivity contribution in [1.29, 1.82) is 0 Å². The highest BCUT2D eigenvalue weighted by Gasteiger charge is 2.44. The van der Waals surface area contributed by atoms with Crippen molar-refractivity contribution in [2.24, 2.45) is 0 Å². The van der Waals surface area contributed by atoms with Crippen LogP contribution in [0.15, 0.2) is 30.8 Å². The van der Waals surface area contributed by atoms with Crippen molar-refractivity contribution in [2.45, 2.75) is 11.8 Å². The predicted octanol–water partition coefficient (Wildman–Crippen LogP) is -0.243. The van der Waals surface area contributed by atoms with Crippen LogP contribution < -0.4 is 5.32 Å². The monoisotopic (exact) mass is 249 g/mol. The molecule has 6 nitrogen and oxygen atoms in total. The standard InChI is InChI=1S/C12H15N3O3/c16-7-6-15-11(17)12(3-1-8-18-9-12)10-13-4-2-5-14-10/h1-2,4-5,8,16H,3,6-7,9H2,(H,15,17). The van der Waals surface area contributed by atoms with Crippen LogP contribution in [0.2, 0.25) is 0 Å². The SMILES string of the molecule is O=C(NCCO)C1(c2ncccn2)CC=COC1. The normalized spacial score (nSPS) is 22.3. The zero-order valence-electron chi connectivity index (χ0n) is 9.87. The van der Waals surface area contributed by atoms with Crippen LogP contribution in [0.25, 0.3) is 0 Å². The Morgan fingerprint density at radius 3 is 2.89 bits per heavy atom. The minimum atomic E-state index is -0.912. The van der Waals surface area contributed by atoms with Gasteiger partial charge in [0.2, 0.25) is 5.91 Å². The Morgan fingerprint density at radius 1 is 1.50 bits per heavy atom. The summed E-state index contributed by atoms with van der Waals surface area (Å²) in [6.45, 7) is 0.302. The third kappa shape index (κ3) is 2.33. The summed E-state index contributed by atoms with van der Waals surface area (Å²) >= 11 is 0. The number of nitrogens with one attached hydrogen (secondary N) is 1. The fourth-order valence-electron chi connectivity index (χ4n) is 1.87. The van der Waals surface area contributed by atoms with Crippen molar-refractivity contribution in [3.05, 3.63) is 36.6 Å². The van der Waals surface area contributed by atoms with Crippen molar-refractivity contribution in [1.82, 2.24) is 15.3 Å². The Morgan fingerprint density at radius 2 is 2.28 bits per heavy atom. The molecule has 18 heavy (non-hydrogen) atoms. The van der Waals surface area contributed by atoms with Gasteiger partial charge in [0.05, 0.1) is 12.9 Å². The fraction of sp³-hybridized carbons (Fsp3) is 0.417. The van der Waals surface area contributed by atoms with E-state index in [0.29, 0.717) is 12.2 Å². The van der Waals surface area contributed by atoms with E-state index in [1.807, 2.05) is 0 Å². The van der Waals surface area contributed by atoms with Gasteiger partial charge in [-0.05, 0) is 18.6 Å². The van der Waals surface area contributed by atoms with Crippen LogP contribution in [0.1, 0.15) is 12.2 Å². The molecule has 1 aromatic heterocycles. The molecule has 1 atom stereocenters. The molecule has 0 spiro atoms. The molecule has 0 fully saturated rings. The largest absolute Gasteiger partial charge is 0.500 e. The van der Waals surface area contributed by atoms with E-state index in [0.717, 1.165) is 0 Å². The van der Waals surface area contributed by atoms with E-state index in [1.54, 1.807) is 30.8 Å². The van der Waals surface area contributed by atoms with E-state index in [9.17, 15) is 4.79 Å². The fourth-order valence-corrected chi connectivity index (χ4v) is 1.87. The van der Waals surface area contributed by atoms with Crippen LogP contribution in [-0.2, 0) is 14.9 Å². The summed E-state index contributed by atoms with van der Waals surface area (Å²) in [6.07, 6.45) is 7.02. The lowest BCUT2D eigenvalue weighted by Crippen LogP contribution is -2.50. The molecule has 1 aliphatic rings. The maximum Gasteiger partial charge on any atom is 0.237 e. The highest BCUT2D eigenvalue weighted by molar-refractivity contribution is 5.87. The molecule has 1 aromatic rings. The molecule has 1 aliphatic heterocycles. The molecule has 2 heterocycles. The first-order chi connectivity index (χ1) is 8.79. The molecular formula is C12H15N3O3. The molecular weight excluding hydrogens is 234 g/mol. The average molecular weight is 249 g/mol. The van der Waals surface area contributed by atoms with E-state index >= 15 is 0 Å². The number of amides is 1. The van der Waals surface area contributed by atoms with Crippen LogP contribution in [0.5, 0.6) is 0 Å². The van der Waals surface area contributed by atoms with Gasteiger partial charge in [0.25, 0.3) is 0 Å². The highest BCUT2D eigenvalue weighted by atomic mass is 16.5. The van der Waals surface area contributed by atoms with Crippen molar-refractivity contribution >= 4 is 5.91 Å². The van der Waals surface area contributed by atoms with E-state index in [2.05, 4.69) is 15.3 Å². The number of carbonyl (C=O) groups excluding carboxylic acids is 1. The zero-order valence-corrected chi connectivity index (χ0v) is 9.87. The van der Waals surface area contributed by atoms with Gasteiger partial charge in [0.1, 0.15) is 17.8 Å². The first-order valence-corrected chi connectivity index (χ1v) is 5.73. The van der Waals surface area contributed by atoms with Crippen molar-refractivity contribution in [3.63, 3.8) is 0 Å². The highest BCUT2D eigenvalue weighted by Crippen LogP contribution is 2.29. The molecule has 1 amide bonds. The summed E-state index contributed by atoms with van der Waals surface area (Å²) in [6, 6.07) is 1.70. The second-order valence-electron chi connectivity index (χ2n) is 4.02. The summed E-state index contributed by atoms with van der Waals surface area (Å²) in [4.78, 5) is 20.6. The van der Waals surface area contributed by atoms with Gasteiger partial charge in [0, 0.05) is 18.9 Å². The number of nitrogens with zero attached hydrogens (tertiary/aromatic N) is 2. The molecule has 0 bridgehead atoms. The van der Waals surface area contributed by atoms with Crippen LogP contribution in [0, 0.1) is 0 Å². The Hall–Kier alpha value is -1.95. The third-order valence-electron chi connectivity index (χ3n) is 2.81. The quantitative estimate of drug-likeness (QED) is 0.769. The van der Waals surface area contributed by atoms with Crippen LogP contribution in [0.4, 0.5) is 0 Å². The van der Waals surface area contributed by atoms with Crippen molar-refractivity contribution < 1.29 is 14.6 Å². The number of allylic oxidation sites excluding steroid dienone is 1. The van der Waals surface area contributed by atoms with Gasteiger partial charge in [-0.1, -0.05) is 0 Å². The van der Waals surface area contributed by atoms with Gasteiger partial charge >= 0.3 is 0 Å². The first-order valence-electron chi connectivity index (χ1n) is 5.73. The Balaban J connectivity index is 2.29. The molecule has 0 aromatic carbocycles. The number of ether oxygens (including phenoxy) is 1. The number of aliphatic hydroxyl groups is 1. The summed E-state index contributed by atoms with van der Waals surface area (Å²) in [5.74, 6) is 0.205. The summed E-state index contributed by atoms with van der Waals surface area (Å²) < 4.78 is 5.26. The molecule has 0 saturated carbocycles. The number of aromatic nitrogens is 2. The van der Waals surface area contributed by atoms with Crippen LogP contribution >= 0.6 is 0 Å². The minimum Gasteiger partial charge on any atom is -0.500 e. The van der Waals surface area contributed by atoms with Gasteiger partial charge < -0.3 is 15.2 Å². The number of hydrogen-bond acceptors (Lipinski definition) is 5. The van der Waals surface area contributed by atoms with Crippen molar-refractivity contribution in [3.8, 4) is 0 Å². The lowest BCUT2D eigenvalue weighted by atomic mass is 9.82. The number of carbonyl (C=O) groups is 1. The van der Waals surface area contributed by atoms with E-state index in [1.165, 1.54) is 0 Å². The lowest BCUT2D eigenvalue weighted by Gasteiger charge is -2.31. The maximum atomic E-state index is 12.3. The Labute approximate surface area is 105 Å². The maximum absolute atomic E-state index is 12.3. The van der Waals surface area contributed by atoms with E-state index in [4.69, 9.17) is 9.84 Å². The smallest absolute Gasteiger partial charge is 0.237 e. The summed E-state index contributed by atoms with van der Waals surface area (Å²) in [7, 11) is 0. The van der Waals surface area contributed by atoms with Gasteiger partial charge in [-0.15, -0.1) is 0 Å². The van der Waals surface area contributed by atoms with Gasteiger partial charge in [-0.25, -0.2) is 9.97 Å². The van der Waals surface area contributed by atoms with Gasteiger partial charge in [-0.3, -0.25) is 4.79 Å². The summed E-state index contributed by atoms with van der Waals surface area (Å²) in [5, 5.41) is 11.4. The molecule has 2 N–H and O–H groups in total. The molecule has 0 aliphatic carbocycles. The summed E-state index contributed by atoms with van der Waals surface area (Å²) in [5.41, 5.74) is -0.912. The topological polar surface area (TPSA) is 84.3 Å².